The maximum Gasteiger partial charge on any atom is 0.254 e. The smallest absolute Gasteiger partial charge is 0.254 e. The number of carbonyl (C=O) groups is 1. The van der Waals surface area contributed by atoms with Crippen LogP contribution in [0.25, 0.3) is 0 Å². The molecular formula is C10H19NO3. The quantitative estimate of drug-likeness (QED) is 0.634. The number of amides is 1. The van der Waals surface area contributed by atoms with Gasteiger partial charge in [0.2, 0.25) is 0 Å². The third kappa shape index (κ3) is 1.77. The van der Waals surface area contributed by atoms with Gasteiger partial charge in [0, 0.05) is 6.54 Å². The molecular weight excluding hydrogens is 182 g/mol. The van der Waals surface area contributed by atoms with E-state index in [0.717, 1.165) is 0 Å². The van der Waals surface area contributed by atoms with Gasteiger partial charge in [0.05, 0.1) is 11.6 Å². The highest BCUT2D eigenvalue weighted by Gasteiger charge is 2.46. The van der Waals surface area contributed by atoms with Gasteiger partial charge in [0.15, 0.2) is 0 Å². The zero-order valence-corrected chi connectivity index (χ0v) is 9.24. The zero-order chi connectivity index (χ0) is 11.1. The largest absolute Gasteiger partial charge is 0.391 e. The lowest BCUT2D eigenvalue weighted by molar-refractivity contribution is -0.152. The first-order valence-corrected chi connectivity index (χ1v) is 4.90. The molecule has 1 heterocycles. The second-order valence-electron chi connectivity index (χ2n) is 4.97. The van der Waals surface area contributed by atoms with E-state index in [9.17, 15) is 15.0 Å². The van der Waals surface area contributed by atoms with Crippen LogP contribution in [0, 0.1) is 0 Å². The molecule has 1 aliphatic rings. The van der Waals surface area contributed by atoms with Crippen LogP contribution in [0.1, 0.15) is 34.1 Å². The summed E-state index contributed by atoms with van der Waals surface area (Å²) in [5.41, 5.74) is -1.93. The van der Waals surface area contributed by atoms with Crippen molar-refractivity contribution in [3.63, 3.8) is 0 Å². The third-order valence-electron chi connectivity index (χ3n) is 2.91. The summed E-state index contributed by atoms with van der Waals surface area (Å²) in [6.45, 7) is 7.08. The Hall–Kier alpha value is -0.610. The summed E-state index contributed by atoms with van der Waals surface area (Å²) in [5, 5.41) is 19.3. The molecule has 0 aromatic carbocycles. The fraction of sp³-hybridized carbons (Fsp3) is 0.900. The molecule has 0 aromatic rings. The molecule has 0 spiro atoms. The average molecular weight is 201 g/mol. The van der Waals surface area contributed by atoms with Gasteiger partial charge in [-0.2, -0.15) is 0 Å². The summed E-state index contributed by atoms with van der Waals surface area (Å²) in [7, 11) is 0. The Morgan fingerprint density at radius 1 is 1.50 bits per heavy atom. The number of aliphatic hydroxyl groups is 2. The molecule has 4 heteroatoms. The highest BCUT2D eigenvalue weighted by atomic mass is 16.3. The Kier molecular flexibility index (Phi) is 2.63. The van der Waals surface area contributed by atoms with Crippen molar-refractivity contribution in [2.24, 2.45) is 0 Å². The average Bonchev–Trinajstić information content (AvgIpc) is 2.25. The Morgan fingerprint density at radius 2 is 2.00 bits per heavy atom. The molecule has 1 rings (SSSR count). The van der Waals surface area contributed by atoms with Crippen molar-refractivity contribution >= 4 is 5.91 Å². The van der Waals surface area contributed by atoms with Crippen LogP contribution in [0.3, 0.4) is 0 Å². The van der Waals surface area contributed by atoms with E-state index in [4.69, 9.17) is 0 Å². The first-order chi connectivity index (χ1) is 6.17. The van der Waals surface area contributed by atoms with Crippen molar-refractivity contribution < 1.29 is 15.0 Å². The summed E-state index contributed by atoms with van der Waals surface area (Å²) < 4.78 is 0. The third-order valence-corrected chi connectivity index (χ3v) is 2.91. The van der Waals surface area contributed by atoms with Gasteiger partial charge in [-0.3, -0.25) is 4.79 Å². The van der Waals surface area contributed by atoms with Crippen LogP contribution in [0.4, 0.5) is 0 Å². The molecule has 1 amide bonds. The molecule has 0 aromatic heterocycles. The van der Waals surface area contributed by atoms with Gasteiger partial charge in [-0.15, -0.1) is 0 Å². The van der Waals surface area contributed by atoms with Crippen molar-refractivity contribution in [1.29, 1.82) is 0 Å². The van der Waals surface area contributed by atoms with E-state index in [1.54, 1.807) is 4.90 Å². The number of hydrogen-bond acceptors (Lipinski definition) is 3. The normalized spacial score (nSPS) is 26.7. The molecule has 1 aliphatic heterocycles. The van der Waals surface area contributed by atoms with Gasteiger partial charge in [-0.25, -0.2) is 0 Å². The van der Waals surface area contributed by atoms with Crippen molar-refractivity contribution in [3.05, 3.63) is 0 Å². The van der Waals surface area contributed by atoms with Crippen LogP contribution in [0.2, 0.25) is 0 Å². The van der Waals surface area contributed by atoms with E-state index in [2.05, 4.69) is 0 Å². The second kappa shape index (κ2) is 3.21. The highest BCUT2D eigenvalue weighted by molar-refractivity contribution is 5.85. The summed E-state index contributed by atoms with van der Waals surface area (Å²) in [6.07, 6.45) is 0.0725. The first kappa shape index (κ1) is 11.5. The summed E-state index contributed by atoms with van der Waals surface area (Å²) in [4.78, 5) is 13.3. The van der Waals surface area contributed by atoms with E-state index < -0.39 is 17.2 Å². The molecule has 1 atom stereocenters. The predicted molar refractivity (Wildman–Crippen MR) is 52.7 cm³/mol. The summed E-state index contributed by atoms with van der Waals surface area (Å²) in [5.74, 6) is -0.320. The fourth-order valence-corrected chi connectivity index (χ4v) is 1.77. The Labute approximate surface area is 84.5 Å². The molecule has 1 unspecified atom stereocenters. The standard InChI is InChI=1S/C10H19NO3/c1-9(2)7(12)5-6-11(9)8(13)10(3,4)14/h7,12,14H,5-6H2,1-4H3. The topological polar surface area (TPSA) is 60.8 Å². The van der Waals surface area contributed by atoms with Crippen LogP contribution >= 0.6 is 0 Å². The SMILES string of the molecule is CC(C)(O)C(=O)N1CCC(O)C1(C)C. The molecule has 1 saturated heterocycles. The summed E-state index contributed by atoms with van der Waals surface area (Å²) >= 11 is 0. The Balaban J connectivity index is 2.86. The van der Waals surface area contributed by atoms with Crippen molar-refractivity contribution in [2.45, 2.75) is 51.4 Å². The van der Waals surface area contributed by atoms with E-state index in [0.29, 0.717) is 13.0 Å². The Bertz CT molecular complexity index is 242. The molecule has 0 aliphatic carbocycles. The Morgan fingerprint density at radius 3 is 2.29 bits per heavy atom. The molecule has 0 bridgehead atoms. The van der Waals surface area contributed by atoms with Crippen LogP contribution < -0.4 is 0 Å². The van der Waals surface area contributed by atoms with Gasteiger partial charge in [-0.1, -0.05) is 0 Å². The monoisotopic (exact) mass is 201 g/mol. The van der Waals surface area contributed by atoms with Gasteiger partial charge in [-0.05, 0) is 34.1 Å². The lowest BCUT2D eigenvalue weighted by Gasteiger charge is -2.37. The minimum atomic E-state index is -1.36. The number of hydrogen-bond donors (Lipinski definition) is 2. The van der Waals surface area contributed by atoms with E-state index >= 15 is 0 Å². The van der Waals surface area contributed by atoms with Crippen molar-refractivity contribution in [2.75, 3.05) is 6.54 Å². The number of nitrogens with zero attached hydrogens (tertiary/aromatic N) is 1. The minimum absolute atomic E-state index is 0.320. The number of rotatable bonds is 1. The van der Waals surface area contributed by atoms with Crippen molar-refractivity contribution in [1.82, 2.24) is 4.90 Å². The lowest BCUT2D eigenvalue weighted by atomic mass is 9.97. The second-order valence-corrected chi connectivity index (χ2v) is 4.97. The summed E-state index contributed by atoms with van der Waals surface area (Å²) in [6, 6.07) is 0. The van der Waals surface area contributed by atoms with Crippen LogP contribution in [0.15, 0.2) is 0 Å². The minimum Gasteiger partial charge on any atom is -0.391 e. The van der Waals surface area contributed by atoms with Crippen LogP contribution in [-0.2, 0) is 4.79 Å². The van der Waals surface area contributed by atoms with Gasteiger partial charge < -0.3 is 15.1 Å². The molecule has 0 saturated carbocycles. The number of likely N-dealkylation sites (tertiary alicyclic amines) is 1. The van der Waals surface area contributed by atoms with E-state index in [1.165, 1.54) is 13.8 Å². The highest BCUT2D eigenvalue weighted by Crippen LogP contribution is 2.30. The van der Waals surface area contributed by atoms with Crippen molar-refractivity contribution in [3.8, 4) is 0 Å². The molecule has 4 nitrogen and oxygen atoms in total. The van der Waals surface area contributed by atoms with Gasteiger partial charge in [0.1, 0.15) is 5.60 Å². The van der Waals surface area contributed by atoms with E-state index in [1.807, 2.05) is 13.8 Å². The van der Waals surface area contributed by atoms with E-state index in [-0.39, 0.29) is 5.91 Å². The predicted octanol–water partition coefficient (Wildman–Crippen LogP) is 0.129. The zero-order valence-electron chi connectivity index (χ0n) is 9.24. The fourth-order valence-electron chi connectivity index (χ4n) is 1.77. The number of carbonyl (C=O) groups excluding carboxylic acids is 1. The maximum absolute atomic E-state index is 11.8. The molecule has 0 radical (unpaired) electrons. The first-order valence-electron chi connectivity index (χ1n) is 4.90. The maximum atomic E-state index is 11.8. The number of aliphatic hydroxyl groups excluding tert-OH is 1. The molecule has 1 fully saturated rings. The van der Waals surface area contributed by atoms with Crippen LogP contribution in [0.5, 0.6) is 0 Å². The van der Waals surface area contributed by atoms with Gasteiger partial charge in [0.25, 0.3) is 5.91 Å². The van der Waals surface area contributed by atoms with Gasteiger partial charge >= 0.3 is 0 Å². The molecule has 82 valence electrons. The molecule has 2 N–H and O–H groups in total. The lowest BCUT2D eigenvalue weighted by Crippen LogP contribution is -2.54. The molecule has 14 heavy (non-hydrogen) atoms. The van der Waals surface area contributed by atoms with Crippen LogP contribution in [-0.4, -0.2) is 44.8 Å².